The Morgan fingerprint density at radius 3 is 1.53 bits per heavy atom. The molecule has 2 unspecified atom stereocenters. The van der Waals surface area contributed by atoms with Gasteiger partial charge in [0.05, 0.1) is 0 Å². The second-order valence-corrected chi connectivity index (χ2v) is 4.88. The van der Waals surface area contributed by atoms with Crippen molar-refractivity contribution in [2.24, 2.45) is 0 Å². The van der Waals surface area contributed by atoms with E-state index in [1.165, 1.54) is 11.1 Å². The Bertz CT molecular complexity index is 507. The number of nitrogens with one attached hydrogen (secondary N) is 3. The van der Waals surface area contributed by atoms with Crippen LogP contribution in [0.1, 0.15) is 23.5 Å². The molecule has 2 aromatic carbocycles. The van der Waals surface area contributed by atoms with Gasteiger partial charge in [-0.1, -0.05) is 60.7 Å². The minimum atomic E-state index is 0.0279. The monoisotopic (exact) mass is 269 g/mol. The van der Waals surface area contributed by atoms with Gasteiger partial charge < -0.3 is 10.6 Å². The lowest BCUT2D eigenvalue weighted by molar-refractivity contribution is 0.368. The fourth-order valence-corrected chi connectivity index (χ4v) is 2.44. The van der Waals surface area contributed by atoms with Crippen LogP contribution >= 0.6 is 12.2 Å². The standard InChI is InChI=1S/C15H15N3S/c19-15-17-13(11-7-3-1-4-8-11)16-14(18-15)12-9-5-2-6-10-12/h1-10,13-14,16H,(H2,17,18,19). The fourth-order valence-electron chi connectivity index (χ4n) is 2.20. The van der Waals surface area contributed by atoms with Crippen LogP contribution in [0, 0.1) is 0 Å². The van der Waals surface area contributed by atoms with E-state index in [1.807, 2.05) is 36.4 Å². The third-order valence-electron chi connectivity index (χ3n) is 3.15. The normalized spacial score (nSPS) is 22.4. The van der Waals surface area contributed by atoms with Crippen molar-refractivity contribution in [3.05, 3.63) is 71.8 Å². The smallest absolute Gasteiger partial charge is 0.169 e. The van der Waals surface area contributed by atoms with E-state index in [0.29, 0.717) is 5.11 Å². The highest BCUT2D eigenvalue weighted by molar-refractivity contribution is 7.80. The molecule has 4 heteroatoms. The van der Waals surface area contributed by atoms with Crippen LogP contribution in [0.4, 0.5) is 0 Å². The van der Waals surface area contributed by atoms with E-state index in [1.54, 1.807) is 0 Å². The summed E-state index contributed by atoms with van der Waals surface area (Å²) < 4.78 is 0. The maximum atomic E-state index is 5.30. The van der Waals surface area contributed by atoms with E-state index in [4.69, 9.17) is 12.2 Å². The lowest BCUT2D eigenvalue weighted by Gasteiger charge is -2.35. The van der Waals surface area contributed by atoms with Crippen molar-refractivity contribution >= 4 is 17.3 Å². The highest BCUT2D eigenvalue weighted by Gasteiger charge is 2.24. The maximum Gasteiger partial charge on any atom is 0.169 e. The molecule has 2 atom stereocenters. The summed E-state index contributed by atoms with van der Waals surface area (Å²) >= 11 is 5.30. The van der Waals surface area contributed by atoms with Gasteiger partial charge >= 0.3 is 0 Å². The zero-order valence-electron chi connectivity index (χ0n) is 10.3. The Balaban J connectivity index is 1.84. The van der Waals surface area contributed by atoms with Crippen molar-refractivity contribution in [2.45, 2.75) is 12.3 Å². The maximum absolute atomic E-state index is 5.30. The van der Waals surface area contributed by atoms with E-state index >= 15 is 0 Å². The Kier molecular flexibility index (Phi) is 3.44. The van der Waals surface area contributed by atoms with Gasteiger partial charge in [0, 0.05) is 0 Å². The van der Waals surface area contributed by atoms with Gasteiger partial charge in [-0.25, -0.2) is 0 Å². The van der Waals surface area contributed by atoms with Crippen LogP contribution in [-0.4, -0.2) is 5.11 Å². The topological polar surface area (TPSA) is 36.1 Å². The third-order valence-corrected chi connectivity index (χ3v) is 3.39. The highest BCUT2D eigenvalue weighted by Crippen LogP contribution is 2.19. The molecule has 1 aliphatic rings. The van der Waals surface area contributed by atoms with Crippen LogP contribution in [0.5, 0.6) is 0 Å². The summed E-state index contributed by atoms with van der Waals surface area (Å²) in [7, 11) is 0. The molecule has 0 radical (unpaired) electrons. The third kappa shape index (κ3) is 2.75. The average Bonchev–Trinajstić information content (AvgIpc) is 2.48. The molecule has 3 nitrogen and oxygen atoms in total. The summed E-state index contributed by atoms with van der Waals surface area (Å²) in [6.07, 6.45) is 0.0558. The Morgan fingerprint density at radius 2 is 1.11 bits per heavy atom. The fraction of sp³-hybridized carbons (Fsp3) is 0.133. The van der Waals surface area contributed by atoms with Gasteiger partial charge in [0.2, 0.25) is 0 Å². The first-order valence-electron chi connectivity index (χ1n) is 6.26. The van der Waals surface area contributed by atoms with E-state index in [9.17, 15) is 0 Å². The van der Waals surface area contributed by atoms with Crippen LogP contribution in [0.2, 0.25) is 0 Å². The zero-order chi connectivity index (χ0) is 13.1. The number of rotatable bonds is 2. The first-order valence-corrected chi connectivity index (χ1v) is 6.67. The van der Waals surface area contributed by atoms with Crippen molar-refractivity contribution < 1.29 is 0 Å². The average molecular weight is 269 g/mol. The predicted molar refractivity (Wildman–Crippen MR) is 80.4 cm³/mol. The molecule has 0 aromatic heterocycles. The Labute approximate surface area is 118 Å². The molecule has 1 fully saturated rings. The van der Waals surface area contributed by atoms with Gasteiger partial charge in [-0.3, -0.25) is 5.32 Å². The number of benzene rings is 2. The van der Waals surface area contributed by atoms with Gasteiger partial charge in [0.15, 0.2) is 5.11 Å². The summed E-state index contributed by atoms with van der Waals surface area (Å²) in [5.74, 6) is 0. The van der Waals surface area contributed by atoms with Crippen LogP contribution in [0.15, 0.2) is 60.7 Å². The minimum absolute atomic E-state index is 0.0279. The molecule has 3 rings (SSSR count). The van der Waals surface area contributed by atoms with Crippen LogP contribution in [0.25, 0.3) is 0 Å². The van der Waals surface area contributed by atoms with Gasteiger partial charge in [-0.05, 0) is 23.3 Å². The Morgan fingerprint density at radius 1 is 0.684 bits per heavy atom. The zero-order valence-corrected chi connectivity index (χ0v) is 11.2. The van der Waals surface area contributed by atoms with E-state index in [-0.39, 0.29) is 12.3 Å². The van der Waals surface area contributed by atoms with Crippen molar-refractivity contribution in [1.82, 2.24) is 16.0 Å². The lowest BCUT2D eigenvalue weighted by atomic mass is 10.1. The van der Waals surface area contributed by atoms with Crippen LogP contribution in [-0.2, 0) is 0 Å². The van der Waals surface area contributed by atoms with Gasteiger partial charge in [-0.2, -0.15) is 0 Å². The van der Waals surface area contributed by atoms with E-state index < -0.39 is 0 Å². The number of hydrogen-bond acceptors (Lipinski definition) is 2. The molecule has 2 aromatic rings. The SMILES string of the molecule is S=C1NC(c2ccccc2)NC(c2ccccc2)N1. The molecule has 0 spiro atoms. The second-order valence-electron chi connectivity index (χ2n) is 4.47. The van der Waals surface area contributed by atoms with Crippen molar-refractivity contribution in [1.29, 1.82) is 0 Å². The predicted octanol–water partition coefficient (Wildman–Crippen LogP) is 2.45. The van der Waals surface area contributed by atoms with Crippen LogP contribution < -0.4 is 16.0 Å². The summed E-state index contributed by atoms with van der Waals surface area (Å²) in [6.45, 7) is 0. The molecule has 0 saturated carbocycles. The minimum Gasteiger partial charge on any atom is -0.343 e. The van der Waals surface area contributed by atoms with E-state index in [2.05, 4.69) is 40.2 Å². The molecule has 1 saturated heterocycles. The molecule has 96 valence electrons. The number of thiocarbonyl (C=S) groups is 1. The van der Waals surface area contributed by atoms with Gasteiger partial charge in [0.25, 0.3) is 0 Å². The molecule has 19 heavy (non-hydrogen) atoms. The summed E-state index contributed by atoms with van der Waals surface area (Å²) in [6, 6.07) is 20.5. The second kappa shape index (κ2) is 5.38. The highest BCUT2D eigenvalue weighted by atomic mass is 32.1. The van der Waals surface area contributed by atoms with Gasteiger partial charge in [0.1, 0.15) is 12.3 Å². The quantitative estimate of drug-likeness (QED) is 0.732. The van der Waals surface area contributed by atoms with Crippen molar-refractivity contribution in [3.8, 4) is 0 Å². The number of hydrogen-bond donors (Lipinski definition) is 3. The van der Waals surface area contributed by atoms with Crippen molar-refractivity contribution in [2.75, 3.05) is 0 Å². The summed E-state index contributed by atoms with van der Waals surface area (Å²) in [4.78, 5) is 0. The van der Waals surface area contributed by atoms with Crippen LogP contribution in [0.3, 0.4) is 0 Å². The molecule has 3 N–H and O–H groups in total. The molecule has 0 amide bonds. The first-order chi connectivity index (χ1) is 9.33. The molecular formula is C15H15N3S. The lowest BCUT2D eigenvalue weighted by Crippen LogP contribution is -2.55. The largest absolute Gasteiger partial charge is 0.343 e. The molecule has 1 heterocycles. The molecule has 1 aliphatic heterocycles. The Hall–Kier alpha value is -1.91. The summed E-state index contributed by atoms with van der Waals surface area (Å²) in [5.41, 5.74) is 2.35. The summed E-state index contributed by atoms with van der Waals surface area (Å²) in [5, 5.41) is 10.7. The first kappa shape index (κ1) is 12.1. The molecule has 0 bridgehead atoms. The van der Waals surface area contributed by atoms with Gasteiger partial charge in [-0.15, -0.1) is 0 Å². The van der Waals surface area contributed by atoms with Crippen molar-refractivity contribution in [3.63, 3.8) is 0 Å². The molecular weight excluding hydrogens is 254 g/mol. The van der Waals surface area contributed by atoms with E-state index in [0.717, 1.165) is 0 Å². The molecule has 0 aliphatic carbocycles.